The van der Waals surface area contributed by atoms with E-state index in [0.29, 0.717) is 6.54 Å². The van der Waals surface area contributed by atoms with Crippen molar-refractivity contribution in [2.75, 3.05) is 25.1 Å². The van der Waals surface area contributed by atoms with Crippen LogP contribution in [0.4, 0.5) is 0 Å². The lowest BCUT2D eigenvalue weighted by molar-refractivity contribution is 0.00274. The Bertz CT molecular complexity index is 124. The highest BCUT2D eigenvalue weighted by atomic mass is 32.2. The summed E-state index contributed by atoms with van der Waals surface area (Å²) in [5.41, 5.74) is -0.519. The molecule has 0 spiro atoms. The third-order valence-corrected chi connectivity index (χ3v) is 2.95. The van der Waals surface area contributed by atoms with Crippen LogP contribution in [-0.2, 0) is 0 Å². The Morgan fingerprint density at radius 2 is 2.09 bits per heavy atom. The van der Waals surface area contributed by atoms with Gasteiger partial charge in [-0.25, -0.2) is 5.01 Å². The first-order chi connectivity index (χ1) is 5.12. The summed E-state index contributed by atoms with van der Waals surface area (Å²) < 4.78 is 0. The largest absolute Gasteiger partial charge is 0.388 e. The zero-order chi connectivity index (χ0) is 8.32. The first-order valence-electron chi connectivity index (χ1n) is 3.88. The molecule has 0 aromatic carbocycles. The van der Waals surface area contributed by atoms with Gasteiger partial charge in [-0.3, -0.25) is 5.84 Å². The van der Waals surface area contributed by atoms with Crippen LogP contribution in [0.15, 0.2) is 0 Å². The van der Waals surface area contributed by atoms with E-state index in [-0.39, 0.29) is 0 Å². The fourth-order valence-corrected chi connectivity index (χ4v) is 2.63. The van der Waals surface area contributed by atoms with Crippen LogP contribution >= 0.6 is 11.8 Å². The maximum absolute atomic E-state index is 9.91. The van der Waals surface area contributed by atoms with E-state index in [4.69, 9.17) is 5.84 Å². The molecule has 0 radical (unpaired) electrons. The average molecular weight is 176 g/mol. The van der Waals surface area contributed by atoms with Gasteiger partial charge in [0, 0.05) is 13.6 Å². The Morgan fingerprint density at radius 1 is 1.55 bits per heavy atom. The Hall–Kier alpha value is 0.230. The fourth-order valence-electron chi connectivity index (χ4n) is 1.37. The summed E-state index contributed by atoms with van der Waals surface area (Å²) in [6.07, 6.45) is 1.75. The fraction of sp³-hybridized carbons (Fsp3) is 1.00. The van der Waals surface area contributed by atoms with Crippen molar-refractivity contribution in [3.8, 4) is 0 Å². The molecule has 1 fully saturated rings. The van der Waals surface area contributed by atoms with Crippen molar-refractivity contribution in [3.05, 3.63) is 0 Å². The van der Waals surface area contributed by atoms with E-state index in [9.17, 15) is 5.11 Å². The first-order valence-corrected chi connectivity index (χ1v) is 5.04. The minimum absolute atomic E-state index is 0.519. The van der Waals surface area contributed by atoms with Crippen LogP contribution in [0.1, 0.15) is 12.8 Å². The van der Waals surface area contributed by atoms with Crippen molar-refractivity contribution in [3.63, 3.8) is 0 Å². The number of nitrogens with two attached hydrogens (primary N) is 1. The second-order valence-electron chi connectivity index (χ2n) is 3.25. The monoisotopic (exact) mass is 176 g/mol. The number of likely N-dealkylation sites (N-methyl/N-ethyl adjacent to an activating group) is 1. The van der Waals surface area contributed by atoms with E-state index < -0.39 is 5.60 Å². The number of thioether (sulfide) groups is 1. The molecule has 66 valence electrons. The summed E-state index contributed by atoms with van der Waals surface area (Å²) in [4.78, 5) is 0. The zero-order valence-electron chi connectivity index (χ0n) is 6.92. The molecule has 4 heteroatoms. The van der Waals surface area contributed by atoms with Gasteiger partial charge >= 0.3 is 0 Å². The highest BCUT2D eigenvalue weighted by Gasteiger charge is 2.29. The van der Waals surface area contributed by atoms with E-state index in [1.54, 1.807) is 12.1 Å². The average Bonchev–Trinajstić information content (AvgIpc) is 1.85. The SMILES string of the molecule is CN(N)CC1(O)CCSCC1. The first kappa shape index (κ1) is 9.32. The molecule has 1 aliphatic rings. The number of nitrogens with zero attached hydrogens (tertiary/aromatic N) is 1. The summed E-state index contributed by atoms with van der Waals surface area (Å²) in [5.74, 6) is 7.59. The molecule has 1 aliphatic heterocycles. The van der Waals surface area contributed by atoms with Crippen molar-refractivity contribution in [2.24, 2.45) is 5.84 Å². The maximum atomic E-state index is 9.91. The molecule has 0 unspecified atom stereocenters. The van der Waals surface area contributed by atoms with Gasteiger partial charge in [-0.15, -0.1) is 0 Å². The van der Waals surface area contributed by atoms with Crippen molar-refractivity contribution < 1.29 is 5.11 Å². The molecule has 1 saturated heterocycles. The lowest BCUT2D eigenvalue weighted by Crippen LogP contribution is -2.46. The summed E-state index contributed by atoms with van der Waals surface area (Å²) in [6, 6.07) is 0. The molecule has 0 saturated carbocycles. The van der Waals surface area contributed by atoms with Crippen LogP contribution in [0.25, 0.3) is 0 Å². The molecule has 0 aliphatic carbocycles. The predicted molar refractivity (Wildman–Crippen MR) is 48.3 cm³/mol. The summed E-state index contributed by atoms with van der Waals surface area (Å²) >= 11 is 1.90. The van der Waals surface area contributed by atoms with Crippen molar-refractivity contribution in [1.29, 1.82) is 0 Å². The van der Waals surface area contributed by atoms with Crippen LogP contribution in [-0.4, -0.2) is 40.8 Å². The van der Waals surface area contributed by atoms with Crippen LogP contribution < -0.4 is 5.84 Å². The van der Waals surface area contributed by atoms with Crippen molar-refractivity contribution >= 4 is 11.8 Å². The third-order valence-electron chi connectivity index (χ3n) is 1.97. The number of hydrogen-bond acceptors (Lipinski definition) is 4. The second-order valence-corrected chi connectivity index (χ2v) is 4.48. The molecular formula is C7H16N2OS. The lowest BCUT2D eigenvalue weighted by atomic mass is 9.97. The van der Waals surface area contributed by atoms with Crippen LogP contribution in [0.3, 0.4) is 0 Å². The Morgan fingerprint density at radius 3 is 2.55 bits per heavy atom. The van der Waals surface area contributed by atoms with E-state index in [1.807, 2.05) is 11.8 Å². The predicted octanol–water partition coefficient (Wildman–Crippen LogP) is 0.0500. The standard InChI is InChI=1S/C7H16N2OS/c1-9(8)6-7(10)2-4-11-5-3-7/h10H,2-6,8H2,1H3. The molecule has 0 aromatic rings. The highest BCUT2D eigenvalue weighted by molar-refractivity contribution is 7.99. The lowest BCUT2D eigenvalue weighted by Gasteiger charge is -2.33. The van der Waals surface area contributed by atoms with Crippen molar-refractivity contribution in [1.82, 2.24) is 5.01 Å². The van der Waals surface area contributed by atoms with Gasteiger partial charge in [0.25, 0.3) is 0 Å². The van der Waals surface area contributed by atoms with E-state index in [0.717, 1.165) is 24.3 Å². The smallest absolute Gasteiger partial charge is 0.0803 e. The van der Waals surface area contributed by atoms with Gasteiger partial charge in [-0.2, -0.15) is 11.8 Å². The minimum atomic E-state index is -0.519. The Labute approximate surface area is 71.9 Å². The second kappa shape index (κ2) is 3.76. The van der Waals surface area contributed by atoms with Gasteiger partial charge in [0.15, 0.2) is 0 Å². The van der Waals surface area contributed by atoms with Gasteiger partial charge in [0.1, 0.15) is 0 Å². The summed E-state index contributed by atoms with van der Waals surface area (Å²) in [7, 11) is 1.79. The molecule has 3 nitrogen and oxygen atoms in total. The molecule has 0 amide bonds. The topological polar surface area (TPSA) is 49.5 Å². The molecular weight excluding hydrogens is 160 g/mol. The van der Waals surface area contributed by atoms with Gasteiger partial charge in [-0.05, 0) is 24.3 Å². The molecule has 0 aromatic heterocycles. The summed E-state index contributed by atoms with van der Waals surface area (Å²) in [6.45, 7) is 0.591. The van der Waals surface area contributed by atoms with Gasteiger partial charge in [0.2, 0.25) is 0 Å². The zero-order valence-corrected chi connectivity index (χ0v) is 7.73. The van der Waals surface area contributed by atoms with Gasteiger partial charge in [0.05, 0.1) is 5.60 Å². The van der Waals surface area contributed by atoms with Crippen LogP contribution in [0.2, 0.25) is 0 Å². The van der Waals surface area contributed by atoms with Gasteiger partial charge in [-0.1, -0.05) is 0 Å². The summed E-state index contributed by atoms with van der Waals surface area (Å²) in [5, 5.41) is 11.5. The quantitative estimate of drug-likeness (QED) is 0.461. The van der Waals surface area contributed by atoms with E-state index in [2.05, 4.69) is 0 Å². The molecule has 3 N–H and O–H groups in total. The Kier molecular flexibility index (Phi) is 3.18. The van der Waals surface area contributed by atoms with E-state index >= 15 is 0 Å². The molecule has 0 bridgehead atoms. The number of rotatable bonds is 2. The number of aliphatic hydroxyl groups is 1. The number of hydrazine groups is 1. The molecule has 1 heterocycles. The molecule has 1 rings (SSSR count). The number of hydrogen-bond donors (Lipinski definition) is 2. The van der Waals surface area contributed by atoms with Gasteiger partial charge < -0.3 is 5.11 Å². The normalized spacial score (nSPS) is 24.0. The molecule has 0 atom stereocenters. The molecule has 11 heavy (non-hydrogen) atoms. The highest BCUT2D eigenvalue weighted by Crippen LogP contribution is 2.26. The van der Waals surface area contributed by atoms with Crippen LogP contribution in [0.5, 0.6) is 0 Å². The van der Waals surface area contributed by atoms with Crippen LogP contribution in [0, 0.1) is 0 Å². The minimum Gasteiger partial charge on any atom is -0.388 e. The third kappa shape index (κ3) is 2.99. The van der Waals surface area contributed by atoms with Crippen molar-refractivity contribution in [2.45, 2.75) is 18.4 Å². The van der Waals surface area contributed by atoms with E-state index in [1.165, 1.54) is 0 Å². The Balaban J connectivity index is 2.37. The maximum Gasteiger partial charge on any atom is 0.0803 e.